The molecule has 0 aromatic heterocycles. The number of rotatable bonds is 8. The van der Waals surface area contributed by atoms with Crippen LogP contribution in [-0.4, -0.2) is 35.8 Å². The van der Waals surface area contributed by atoms with Crippen LogP contribution in [0.2, 0.25) is 0 Å². The smallest absolute Gasteiger partial charge is 0.262 e. The minimum Gasteiger partial charge on any atom is -0.497 e. The van der Waals surface area contributed by atoms with E-state index in [-0.39, 0.29) is 6.42 Å². The minimum absolute atomic E-state index is 0.197. The molecule has 1 heterocycles. The molecule has 4 aromatic rings. The van der Waals surface area contributed by atoms with Crippen LogP contribution in [0, 0.1) is 0 Å². The van der Waals surface area contributed by atoms with Crippen molar-refractivity contribution in [1.82, 2.24) is 10.2 Å². The molecule has 0 saturated heterocycles. The lowest BCUT2D eigenvalue weighted by Crippen LogP contribution is -2.51. The van der Waals surface area contributed by atoms with Gasteiger partial charge < -0.3 is 10.1 Å². The second-order valence-electron chi connectivity index (χ2n) is 8.86. The van der Waals surface area contributed by atoms with Gasteiger partial charge in [0.1, 0.15) is 11.8 Å². The zero-order chi connectivity index (χ0) is 25.8. The lowest BCUT2D eigenvalue weighted by Gasteiger charge is -2.28. The fraction of sp³-hybridized carbons (Fsp3) is 0.129. The Morgan fingerprint density at radius 2 is 1.24 bits per heavy atom. The summed E-state index contributed by atoms with van der Waals surface area (Å²) in [4.78, 5) is 41.8. The van der Waals surface area contributed by atoms with E-state index < -0.39 is 29.8 Å². The third-order valence-electron chi connectivity index (χ3n) is 6.58. The monoisotopic (exact) mass is 490 g/mol. The van der Waals surface area contributed by atoms with E-state index in [0.29, 0.717) is 16.9 Å². The lowest BCUT2D eigenvalue weighted by molar-refractivity contribution is -0.125. The molecule has 0 aliphatic carbocycles. The van der Waals surface area contributed by atoms with Crippen LogP contribution >= 0.6 is 0 Å². The third kappa shape index (κ3) is 4.86. The first kappa shape index (κ1) is 24.0. The number of imide groups is 1. The molecule has 37 heavy (non-hydrogen) atoms. The van der Waals surface area contributed by atoms with Gasteiger partial charge in [0.2, 0.25) is 5.91 Å². The molecule has 6 nitrogen and oxygen atoms in total. The third-order valence-corrected chi connectivity index (χ3v) is 6.58. The number of ether oxygens (including phenoxy) is 1. The van der Waals surface area contributed by atoms with Gasteiger partial charge in [-0.05, 0) is 41.0 Å². The molecule has 1 aliphatic heterocycles. The summed E-state index contributed by atoms with van der Waals surface area (Å²) in [5.74, 6) is -0.632. The number of fused-ring (bicyclic) bond motifs is 1. The summed E-state index contributed by atoms with van der Waals surface area (Å²) >= 11 is 0. The van der Waals surface area contributed by atoms with Crippen LogP contribution in [0.25, 0.3) is 0 Å². The van der Waals surface area contributed by atoms with E-state index >= 15 is 0 Å². The van der Waals surface area contributed by atoms with Gasteiger partial charge in [-0.2, -0.15) is 0 Å². The largest absolute Gasteiger partial charge is 0.497 e. The Labute approximate surface area is 215 Å². The van der Waals surface area contributed by atoms with Crippen molar-refractivity contribution < 1.29 is 19.1 Å². The number of carbonyl (C=O) groups is 3. The second kappa shape index (κ2) is 10.5. The number of carbonyl (C=O) groups excluding carboxylic acids is 3. The van der Waals surface area contributed by atoms with Crippen molar-refractivity contribution in [3.63, 3.8) is 0 Å². The average Bonchev–Trinajstić information content (AvgIpc) is 3.21. The van der Waals surface area contributed by atoms with E-state index in [4.69, 9.17) is 4.74 Å². The summed E-state index contributed by atoms with van der Waals surface area (Å²) in [6.45, 7) is 0. The van der Waals surface area contributed by atoms with Gasteiger partial charge >= 0.3 is 0 Å². The normalized spacial score (nSPS) is 14.1. The van der Waals surface area contributed by atoms with Crippen molar-refractivity contribution in [3.05, 3.63) is 137 Å². The Hall–Kier alpha value is -4.71. The van der Waals surface area contributed by atoms with Crippen LogP contribution in [-0.2, 0) is 11.2 Å². The van der Waals surface area contributed by atoms with Crippen molar-refractivity contribution in [2.45, 2.75) is 18.5 Å². The van der Waals surface area contributed by atoms with Crippen molar-refractivity contribution in [3.8, 4) is 5.75 Å². The zero-order valence-electron chi connectivity index (χ0n) is 20.3. The lowest BCUT2D eigenvalue weighted by atomic mass is 9.97. The maximum Gasteiger partial charge on any atom is 0.262 e. The minimum atomic E-state index is -1.03. The molecule has 5 rings (SSSR count). The van der Waals surface area contributed by atoms with Gasteiger partial charge in [-0.1, -0.05) is 84.9 Å². The molecule has 0 bridgehead atoms. The first-order chi connectivity index (χ1) is 18.1. The van der Waals surface area contributed by atoms with Gasteiger partial charge in [-0.15, -0.1) is 0 Å². The van der Waals surface area contributed by atoms with Gasteiger partial charge in [-0.3, -0.25) is 19.3 Å². The molecule has 6 heteroatoms. The molecule has 2 atom stereocenters. The first-order valence-electron chi connectivity index (χ1n) is 12.1. The molecule has 1 aliphatic rings. The Balaban J connectivity index is 1.51. The highest BCUT2D eigenvalue weighted by molar-refractivity contribution is 6.22. The van der Waals surface area contributed by atoms with Gasteiger partial charge in [0.15, 0.2) is 0 Å². The van der Waals surface area contributed by atoms with Gasteiger partial charge in [0, 0.05) is 6.42 Å². The van der Waals surface area contributed by atoms with Crippen molar-refractivity contribution in [1.29, 1.82) is 0 Å². The summed E-state index contributed by atoms with van der Waals surface area (Å²) in [6, 6.07) is 31.6. The van der Waals surface area contributed by atoms with E-state index in [9.17, 15) is 14.4 Å². The number of nitrogens with one attached hydrogen (secondary N) is 1. The molecule has 184 valence electrons. The van der Waals surface area contributed by atoms with Crippen molar-refractivity contribution in [2.24, 2.45) is 0 Å². The quantitative estimate of drug-likeness (QED) is 0.360. The Morgan fingerprint density at radius 1 is 0.730 bits per heavy atom. The maximum absolute atomic E-state index is 14.0. The summed E-state index contributed by atoms with van der Waals surface area (Å²) in [5.41, 5.74) is 3.20. The Kier molecular flexibility index (Phi) is 6.81. The van der Waals surface area contributed by atoms with Gasteiger partial charge in [-0.25, -0.2) is 0 Å². The molecular formula is C31H26N2O4. The molecule has 0 saturated carbocycles. The molecule has 1 N–H and O–H groups in total. The molecule has 0 radical (unpaired) electrons. The fourth-order valence-electron chi connectivity index (χ4n) is 4.67. The predicted octanol–water partition coefficient (Wildman–Crippen LogP) is 4.81. The van der Waals surface area contributed by atoms with Crippen molar-refractivity contribution >= 4 is 17.7 Å². The van der Waals surface area contributed by atoms with Gasteiger partial charge in [0.05, 0.1) is 24.3 Å². The molecule has 0 fully saturated rings. The number of amides is 3. The van der Waals surface area contributed by atoms with Crippen LogP contribution in [0.3, 0.4) is 0 Å². The predicted molar refractivity (Wildman–Crippen MR) is 140 cm³/mol. The van der Waals surface area contributed by atoms with Crippen molar-refractivity contribution in [2.75, 3.05) is 7.11 Å². The van der Waals surface area contributed by atoms with E-state index in [1.807, 2.05) is 84.9 Å². The molecule has 0 unspecified atom stereocenters. The first-order valence-corrected chi connectivity index (χ1v) is 12.1. The van der Waals surface area contributed by atoms with Gasteiger partial charge in [0.25, 0.3) is 11.8 Å². The zero-order valence-corrected chi connectivity index (χ0v) is 20.3. The standard InChI is InChI=1S/C31H26N2O4/c1-37-24-18-16-23(17-19-24)28(22-12-6-3-7-13-22)32-29(34)27(20-21-10-4-2-5-11-21)33-30(35)25-14-8-9-15-26(25)31(33)36/h2-19,27-28H,20H2,1H3,(H,32,34)/t27-,28+/m0/s1. The Morgan fingerprint density at radius 3 is 1.81 bits per heavy atom. The van der Waals surface area contributed by atoms with Crippen LogP contribution < -0.4 is 10.1 Å². The fourth-order valence-corrected chi connectivity index (χ4v) is 4.67. The molecular weight excluding hydrogens is 464 g/mol. The topological polar surface area (TPSA) is 75.7 Å². The molecule has 0 spiro atoms. The number of hydrogen-bond donors (Lipinski definition) is 1. The number of hydrogen-bond acceptors (Lipinski definition) is 4. The Bertz CT molecular complexity index is 1380. The van der Waals surface area contributed by atoms with E-state index in [1.165, 1.54) is 0 Å². The SMILES string of the molecule is COc1ccc([C@H](NC(=O)[C@H](Cc2ccccc2)N2C(=O)c3ccccc3C2=O)c2ccccc2)cc1. The summed E-state index contributed by atoms with van der Waals surface area (Å²) < 4.78 is 5.29. The van der Waals surface area contributed by atoms with E-state index in [0.717, 1.165) is 21.6 Å². The maximum atomic E-state index is 14.0. The highest BCUT2D eigenvalue weighted by Crippen LogP contribution is 2.28. The number of benzene rings is 4. The number of methoxy groups -OCH3 is 1. The van der Waals surface area contributed by atoms with Crippen LogP contribution in [0.15, 0.2) is 109 Å². The second-order valence-corrected chi connectivity index (χ2v) is 8.86. The summed E-state index contributed by atoms with van der Waals surface area (Å²) in [6.07, 6.45) is 0.197. The average molecular weight is 491 g/mol. The van der Waals surface area contributed by atoms with Crippen LogP contribution in [0.5, 0.6) is 5.75 Å². The summed E-state index contributed by atoms with van der Waals surface area (Å²) in [5, 5.41) is 3.13. The highest BCUT2D eigenvalue weighted by atomic mass is 16.5. The number of nitrogens with zero attached hydrogens (tertiary/aromatic N) is 1. The van der Waals surface area contributed by atoms with Crippen LogP contribution in [0.4, 0.5) is 0 Å². The molecule has 4 aromatic carbocycles. The molecule has 3 amide bonds. The highest BCUT2D eigenvalue weighted by Gasteiger charge is 2.43. The van der Waals surface area contributed by atoms with Crippen LogP contribution in [0.1, 0.15) is 43.4 Å². The summed E-state index contributed by atoms with van der Waals surface area (Å²) in [7, 11) is 1.60. The van der Waals surface area contributed by atoms with E-state index in [1.54, 1.807) is 31.4 Å². The van der Waals surface area contributed by atoms with E-state index in [2.05, 4.69) is 5.32 Å².